The summed E-state index contributed by atoms with van der Waals surface area (Å²) < 4.78 is 32.6. The van der Waals surface area contributed by atoms with Gasteiger partial charge in [-0.25, -0.2) is 8.42 Å². The summed E-state index contributed by atoms with van der Waals surface area (Å²) in [5, 5.41) is 7.91. The summed E-state index contributed by atoms with van der Waals surface area (Å²) in [4.78, 5) is 69.2. The van der Waals surface area contributed by atoms with Crippen molar-refractivity contribution < 1.29 is 37.1 Å². The van der Waals surface area contributed by atoms with Crippen LogP contribution in [0.15, 0.2) is 36.9 Å². The van der Waals surface area contributed by atoms with E-state index in [4.69, 9.17) is 4.74 Å². The number of sulfonamides is 1. The van der Waals surface area contributed by atoms with Gasteiger partial charge in [0.05, 0.1) is 17.9 Å². The van der Waals surface area contributed by atoms with Crippen LogP contribution in [-0.4, -0.2) is 85.4 Å². The van der Waals surface area contributed by atoms with Crippen molar-refractivity contribution in [3.8, 4) is 5.75 Å². The van der Waals surface area contributed by atoms with Gasteiger partial charge in [0.2, 0.25) is 27.7 Å². The van der Waals surface area contributed by atoms with Gasteiger partial charge in [-0.3, -0.25) is 28.7 Å². The number of amides is 5. The first-order valence-corrected chi connectivity index (χ1v) is 17.7. The summed E-state index contributed by atoms with van der Waals surface area (Å²) in [6, 6.07) is 3.89. The summed E-state index contributed by atoms with van der Waals surface area (Å²) in [6.45, 7) is 9.15. The van der Waals surface area contributed by atoms with Crippen molar-refractivity contribution in [3.63, 3.8) is 0 Å². The number of para-hydroxylation sites is 1. The number of carbonyl (C=O) groups is 5. The van der Waals surface area contributed by atoms with Gasteiger partial charge in [-0.1, -0.05) is 39.0 Å². The van der Waals surface area contributed by atoms with Crippen LogP contribution in [0.1, 0.15) is 76.1 Å². The van der Waals surface area contributed by atoms with E-state index in [1.54, 1.807) is 24.3 Å². The van der Waals surface area contributed by atoms with E-state index < -0.39 is 73.9 Å². The van der Waals surface area contributed by atoms with Gasteiger partial charge in [0.25, 0.3) is 11.8 Å². The number of methoxy groups -OCH3 is 1. The average molecular weight is 672 g/mol. The van der Waals surface area contributed by atoms with Gasteiger partial charge in [0.1, 0.15) is 23.4 Å². The number of likely N-dealkylation sites (tertiary alicyclic amines) is 1. The number of benzene rings is 1. The average Bonchev–Trinajstić information content (AvgIpc) is 3.90. The Morgan fingerprint density at radius 3 is 2.36 bits per heavy atom. The zero-order valence-corrected chi connectivity index (χ0v) is 28.2. The van der Waals surface area contributed by atoms with Crippen LogP contribution < -0.4 is 25.4 Å². The van der Waals surface area contributed by atoms with Crippen molar-refractivity contribution in [1.29, 1.82) is 0 Å². The molecule has 5 rings (SSSR count). The maximum absolute atomic E-state index is 14.3. The van der Waals surface area contributed by atoms with E-state index in [2.05, 4.69) is 27.3 Å². The van der Waals surface area contributed by atoms with Crippen molar-refractivity contribution in [2.45, 2.75) is 94.6 Å². The third-order valence-corrected chi connectivity index (χ3v) is 11.2. The molecular weight excluding hydrogens is 626 g/mol. The molecule has 256 valence electrons. The van der Waals surface area contributed by atoms with E-state index in [1.807, 2.05) is 20.8 Å². The molecule has 1 saturated heterocycles. The Balaban J connectivity index is 1.39. The van der Waals surface area contributed by atoms with E-state index in [0.717, 1.165) is 12.8 Å². The lowest BCUT2D eigenvalue weighted by atomic mass is 9.85. The zero-order chi connectivity index (χ0) is 34.3. The lowest BCUT2D eigenvalue weighted by molar-refractivity contribution is -0.144. The predicted molar refractivity (Wildman–Crippen MR) is 172 cm³/mol. The SMILES string of the molecule is C=CC1CC1(NC(=O)[C@@H]1C[C@@H](NC(=O)c2ccccc2OC)CN1C(=O)[C@@H](NC(=O)CC1CC1)C(C)(C)C)C(=O)NS(=O)(=O)C1CC1. The smallest absolute Gasteiger partial charge is 0.259 e. The predicted octanol–water partition coefficient (Wildman–Crippen LogP) is 1.39. The summed E-state index contributed by atoms with van der Waals surface area (Å²) in [6.07, 6.45) is 4.81. The van der Waals surface area contributed by atoms with Crippen molar-refractivity contribution >= 4 is 39.6 Å². The van der Waals surface area contributed by atoms with E-state index in [9.17, 15) is 32.4 Å². The van der Waals surface area contributed by atoms with E-state index in [-0.39, 0.29) is 30.9 Å². The maximum Gasteiger partial charge on any atom is 0.259 e. The Morgan fingerprint density at radius 1 is 1.11 bits per heavy atom. The number of carbonyl (C=O) groups excluding carboxylic acids is 5. The quantitative estimate of drug-likeness (QED) is 0.227. The highest BCUT2D eigenvalue weighted by molar-refractivity contribution is 7.91. The summed E-state index contributed by atoms with van der Waals surface area (Å²) in [5.41, 5.74) is -1.99. The first kappa shape index (κ1) is 34.4. The molecule has 3 aliphatic carbocycles. The zero-order valence-electron chi connectivity index (χ0n) is 27.3. The lowest BCUT2D eigenvalue weighted by Crippen LogP contribution is -2.60. The second-order valence-electron chi connectivity index (χ2n) is 14.3. The Morgan fingerprint density at radius 2 is 1.79 bits per heavy atom. The molecule has 4 N–H and O–H groups in total. The van der Waals surface area contributed by atoms with Crippen molar-refractivity contribution in [3.05, 3.63) is 42.5 Å². The van der Waals surface area contributed by atoms with Crippen LogP contribution in [-0.2, 0) is 29.2 Å². The molecular formula is C33H45N5O8S. The van der Waals surface area contributed by atoms with Gasteiger partial charge in [-0.15, -0.1) is 6.58 Å². The molecule has 13 nitrogen and oxygen atoms in total. The van der Waals surface area contributed by atoms with Crippen molar-refractivity contribution in [2.24, 2.45) is 17.3 Å². The van der Waals surface area contributed by atoms with Gasteiger partial charge in [-0.2, -0.15) is 0 Å². The molecule has 2 unspecified atom stereocenters. The topological polar surface area (TPSA) is 180 Å². The third kappa shape index (κ3) is 7.63. The first-order chi connectivity index (χ1) is 22.1. The van der Waals surface area contributed by atoms with Crippen LogP contribution in [0.2, 0.25) is 0 Å². The minimum atomic E-state index is -3.89. The second kappa shape index (κ2) is 12.9. The molecule has 5 atom stereocenters. The molecule has 0 aromatic heterocycles. The molecule has 3 saturated carbocycles. The molecule has 0 spiro atoms. The van der Waals surface area contributed by atoms with Crippen LogP contribution in [0.4, 0.5) is 0 Å². The van der Waals surface area contributed by atoms with Crippen LogP contribution in [0.3, 0.4) is 0 Å². The molecule has 47 heavy (non-hydrogen) atoms. The fourth-order valence-corrected chi connectivity index (χ4v) is 7.53. The number of hydrogen-bond acceptors (Lipinski definition) is 8. The molecule has 0 bridgehead atoms. The normalized spacial score (nSPS) is 26.0. The highest BCUT2D eigenvalue weighted by Crippen LogP contribution is 2.45. The molecule has 14 heteroatoms. The van der Waals surface area contributed by atoms with Crippen LogP contribution >= 0.6 is 0 Å². The monoisotopic (exact) mass is 671 g/mol. The van der Waals surface area contributed by atoms with Crippen molar-refractivity contribution in [2.75, 3.05) is 13.7 Å². The van der Waals surface area contributed by atoms with Crippen molar-refractivity contribution in [1.82, 2.24) is 25.6 Å². The number of nitrogens with one attached hydrogen (secondary N) is 4. The van der Waals surface area contributed by atoms with Crippen LogP contribution in [0.5, 0.6) is 5.75 Å². The Labute approximate surface area is 275 Å². The highest BCUT2D eigenvalue weighted by atomic mass is 32.2. The molecule has 5 amide bonds. The Bertz CT molecular complexity index is 1560. The summed E-state index contributed by atoms with van der Waals surface area (Å²) >= 11 is 0. The van der Waals surface area contributed by atoms with Gasteiger partial charge >= 0.3 is 0 Å². The van der Waals surface area contributed by atoms with Gasteiger partial charge < -0.3 is 25.6 Å². The second-order valence-corrected chi connectivity index (χ2v) is 16.3. The number of nitrogens with zero attached hydrogens (tertiary/aromatic N) is 1. The number of rotatable bonds is 13. The van der Waals surface area contributed by atoms with E-state index in [0.29, 0.717) is 30.9 Å². The molecule has 4 fully saturated rings. The minimum absolute atomic E-state index is 0.0160. The maximum atomic E-state index is 14.3. The molecule has 0 radical (unpaired) electrons. The molecule has 4 aliphatic rings. The lowest BCUT2D eigenvalue weighted by Gasteiger charge is -2.35. The molecule has 1 aromatic carbocycles. The minimum Gasteiger partial charge on any atom is -0.496 e. The van der Waals surface area contributed by atoms with E-state index >= 15 is 0 Å². The Hall–Kier alpha value is -3.94. The summed E-state index contributed by atoms with van der Waals surface area (Å²) in [7, 11) is -2.44. The standard InChI is InChI=1S/C33H45N5O8S/c1-6-20-17-33(20,31(43)37-47(44,45)22-13-14-22)36-29(41)24-16-21(34-28(40)23-9-7-8-10-25(23)46-5)18-38(24)30(42)27(32(2,3)4)35-26(39)15-19-11-12-19/h6-10,19-22,24,27H,1,11-18H2,2-5H3,(H,34,40)(H,35,39)(H,36,41)(H,37,43)/t20?,21-,24+,27-,33?/m1/s1. The molecule has 1 aliphatic heterocycles. The fraction of sp³-hybridized carbons (Fsp3) is 0.606. The van der Waals surface area contributed by atoms with Gasteiger partial charge in [0, 0.05) is 24.9 Å². The van der Waals surface area contributed by atoms with Gasteiger partial charge in [0.15, 0.2) is 0 Å². The first-order valence-electron chi connectivity index (χ1n) is 16.1. The number of hydrogen-bond donors (Lipinski definition) is 4. The van der Waals surface area contributed by atoms with Gasteiger partial charge in [-0.05, 0) is 62.0 Å². The molecule has 1 aromatic rings. The number of ether oxygens (including phenoxy) is 1. The summed E-state index contributed by atoms with van der Waals surface area (Å²) in [5.74, 6) is -2.59. The fourth-order valence-electron chi connectivity index (χ4n) is 6.17. The molecule has 1 heterocycles. The third-order valence-electron chi connectivity index (χ3n) is 9.41. The highest BCUT2D eigenvalue weighted by Gasteiger charge is 2.62. The largest absolute Gasteiger partial charge is 0.496 e. The van der Waals surface area contributed by atoms with Crippen LogP contribution in [0.25, 0.3) is 0 Å². The van der Waals surface area contributed by atoms with Crippen LogP contribution in [0, 0.1) is 17.3 Å². The van der Waals surface area contributed by atoms with E-state index in [1.165, 1.54) is 18.1 Å². The Kier molecular flexibility index (Phi) is 9.46.